The molecule has 128 valence electrons. The van der Waals surface area contributed by atoms with Gasteiger partial charge in [-0.2, -0.15) is 5.10 Å². The summed E-state index contributed by atoms with van der Waals surface area (Å²) in [4.78, 5) is 28.4. The standard InChI is InChI=1S/C16H12F2N4O2S/c1-7-8(2)21-22-15(24)13(7)14(23)20-16-19-12(6-25-16)9-3-4-10(17)11(18)5-9/h3-6H,1-2H3,(H,22,24)(H,19,20,23). The maximum atomic E-state index is 13.3. The van der Waals surface area contributed by atoms with Crippen molar-refractivity contribution < 1.29 is 13.6 Å². The van der Waals surface area contributed by atoms with E-state index in [1.807, 2.05) is 0 Å². The minimum absolute atomic E-state index is 0.0444. The maximum Gasteiger partial charge on any atom is 0.277 e. The number of benzene rings is 1. The molecule has 0 aliphatic heterocycles. The van der Waals surface area contributed by atoms with Crippen molar-refractivity contribution in [2.24, 2.45) is 0 Å². The molecule has 0 aliphatic carbocycles. The molecule has 6 nitrogen and oxygen atoms in total. The monoisotopic (exact) mass is 362 g/mol. The molecule has 0 aliphatic rings. The topological polar surface area (TPSA) is 87.7 Å². The van der Waals surface area contributed by atoms with E-state index in [-0.39, 0.29) is 10.7 Å². The van der Waals surface area contributed by atoms with Crippen molar-refractivity contribution in [3.05, 3.63) is 62.4 Å². The van der Waals surface area contributed by atoms with E-state index in [4.69, 9.17) is 0 Å². The number of nitrogens with zero attached hydrogens (tertiary/aromatic N) is 2. The highest BCUT2D eigenvalue weighted by Crippen LogP contribution is 2.26. The Labute approximate surface area is 144 Å². The van der Waals surface area contributed by atoms with Gasteiger partial charge < -0.3 is 0 Å². The first-order valence-electron chi connectivity index (χ1n) is 7.15. The molecule has 0 radical (unpaired) electrons. The van der Waals surface area contributed by atoms with Crippen LogP contribution in [-0.4, -0.2) is 21.1 Å². The van der Waals surface area contributed by atoms with Gasteiger partial charge in [0.2, 0.25) is 0 Å². The number of carbonyl (C=O) groups excluding carboxylic acids is 1. The second-order valence-corrected chi connectivity index (χ2v) is 6.12. The number of H-pyrrole nitrogens is 1. The van der Waals surface area contributed by atoms with Gasteiger partial charge in [0.25, 0.3) is 11.5 Å². The van der Waals surface area contributed by atoms with Gasteiger partial charge in [-0.1, -0.05) is 0 Å². The average molecular weight is 362 g/mol. The van der Waals surface area contributed by atoms with Crippen LogP contribution in [0.3, 0.4) is 0 Å². The summed E-state index contributed by atoms with van der Waals surface area (Å²) in [5, 5.41) is 10.4. The molecule has 0 fully saturated rings. The van der Waals surface area contributed by atoms with Gasteiger partial charge in [0, 0.05) is 10.9 Å². The van der Waals surface area contributed by atoms with E-state index in [1.54, 1.807) is 19.2 Å². The van der Waals surface area contributed by atoms with Crippen LogP contribution in [-0.2, 0) is 0 Å². The molecule has 1 aromatic carbocycles. The lowest BCUT2D eigenvalue weighted by Crippen LogP contribution is -2.26. The Hall–Kier alpha value is -2.94. The van der Waals surface area contributed by atoms with Crippen molar-refractivity contribution in [3.8, 4) is 11.3 Å². The number of amides is 1. The van der Waals surface area contributed by atoms with Gasteiger partial charge in [0.05, 0.1) is 11.4 Å². The predicted octanol–water partition coefficient (Wildman–Crippen LogP) is 3.04. The van der Waals surface area contributed by atoms with Crippen molar-refractivity contribution >= 4 is 22.4 Å². The Morgan fingerprint density at radius 2 is 2.00 bits per heavy atom. The normalized spacial score (nSPS) is 10.7. The van der Waals surface area contributed by atoms with E-state index >= 15 is 0 Å². The van der Waals surface area contributed by atoms with Crippen molar-refractivity contribution in [3.63, 3.8) is 0 Å². The van der Waals surface area contributed by atoms with Crippen LogP contribution >= 0.6 is 11.3 Å². The summed E-state index contributed by atoms with van der Waals surface area (Å²) in [6.45, 7) is 3.30. The molecule has 0 atom stereocenters. The number of aryl methyl sites for hydroxylation is 1. The van der Waals surface area contributed by atoms with Crippen molar-refractivity contribution in [1.29, 1.82) is 0 Å². The molecule has 3 rings (SSSR count). The predicted molar refractivity (Wildman–Crippen MR) is 89.8 cm³/mol. The molecule has 0 saturated carbocycles. The zero-order chi connectivity index (χ0) is 18.1. The second-order valence-electron chi connectivity index (χ2n) is 5.26. The van der Waals surface area contributed by atoms with Gasteiger partial charge >= 0.3 is 0 Å². The number of hydrogen-bond acceptors (Lipinski definition) is 5. The van der Waals surface area contributed by atoms with Crippen LogP contribution in [0, 0.1) is 25.5 Å². The molecular weight excluding hydrogens is 350 g/mol. The van der Waals surface area contributed by atoms with Gasteiger partial charge in [-0.15, -0.1) is 11.3 Å². The maximum absolute atomic E-state index is 13.3. The van der Waals surface area contributed by atoms with E-state index < -0.39 is 23.1 Å². The number of aromatic nitrogens is 3. The fourth-order valence-corrected chi connectivity index (χ4v) is 2.89. The van der Waals surface area contributed by atoms with E-state index in [0.29, 0.717) is 22.5 Å². The van der Waals surface area contributed by atoms with E-state index in [9.17, 15) is 18.4 Å². The lowest BCUT2D eigenvalue weighted by Gasteiger charge is -2.05. The van der Waals surface area contributed by atoms with Gasteiger partial charge in [-0.3, -0.25) is 14.9 Å². The summed E-state index contributed by atoms with van der Waals surface area (Å²) in [6.07, 6.45) is 0. The van der Waals surface area contributed by atoms with Crippen molar-refractivity contribution in [2.75, 3.05) is 5.32 Å². The summed E-state index contributed by atoms with van der Waals surface area (Å²) in [7, 11) is 0. The largest absolute Gasteiger partial charge is 0.298 e. The third-order valence-corrected chi connectivity index (χ3v) is 4.39. The minimum Gasteiger partial charge on any atom is -0.298 e. The molecule has 0 spiro atoms. The van der Waals surface area contributed by atoms with Crippen LogP contribution in [0.2, 0.25) is 0 Å². The first-order chi connectivity index (χ1) is 11.9. The van der Waals surface area contributed by atoms with Gasteiger partial charge in [0.1, 0.15) is 5.56 Å². The zero-order valence-electron chi connectivity index (χ0n) is 13.2. The average Bonchev–Trinajstić information content (AvgIpc) is 3.02. The summed E-state index contributed by atoms with van der Waals surface area (Å²) in [6, 6.07) is 3.42. The molecule has 0 saturated heterocycles. The van der Waals surface area contributed by atoms with Crippen LogP contribution in [0.4, 0.5) is 13.9 Å². The van der Waals surface area contributed by atoms with Crippen LogP contribution in [0.5, 0.6) is 0 Å². The Morgan fingerprint density at radius 1 is 1.24 bits per heavy atom. The molecule has 2 aromatic heterocycles. The van der Waals surface area contributed by atoms with Crippen LogP contribution in [0.25, 0.3) is 11.3 Å². The summed E-state index contributed by atoms with van der Waals surface area (Å²) in [5.74, 6) is -2.55. The van der Waals surface area contributed by atoms with Gasteiger partial charge in [-0.05, 0) is 37.6 Å². The highest BCUT2D eigenvalue weighted by molar-refractivity contribution is 7.14. The summed E-state index contributed by atoms with van der Waals surface area (Å²) >= 11 is 1.11. The number of nitrogens with one attached hydrogen (secondary N) is 2. The Kier molecular flexibility index (Phi) is 4.41. The van der Waals surface area contributed by atoms with Gasteiger partial charge in [-0.25, -0.2) is 18.9 Å². The third-order valence-electron chi connectivity index (χ3n) is 3.64. The van der Waals surface area contributed by atoms with Crippen LogP contribution in [0.1, 0.15) is 21.6 Å². The first-order valence-corrected chi connectivity index (χ1v) is 8.03. The van der Waals surface area contributed by atoms with Crippen LogP contribution in [0.15, 0.2) is 28.4 Å². The number of anilines is 1. The summed E-state index contributed by atoms with van der Waals surface area (Å²) < 4.78 is 26.3. The fourth-order valence-electron chi connectivity index (χ4n) is 2.18. The zero-order valence-corrected chi connectivity index (χ0v) is 14.0. The number of halogens is 2. The SMILES string of the molecule is Cc1n[nH]c(=O)c(C(=O)Nc2nc(-c3ccc(F)c(F)c3)cs2)c1C. The molecular formula is C16H12F2N4O2S. The number of rotatable bonds is 3. The van der Waals surface area contributed by atoms with E-state index in [1.165, 1.54) is 6.07 Å². The highest BCUT2D eigenvalue weighted by Gasteiger charge is 2.18. The smallest absolute Gasteiger partial charge is 0.277 e. The van der Waals surface area contributed by atoms with E-state index in [0.717, 1.165) is 23.5 Å². The van der Waals surface area contributed by atoms with Crippen molar-refractivity contribution in [1.82, 2.24) is 15.2 Å². The van der Waals surface area contributed by atoms with Crippen LogP contribution < -0.4 is 10.9 Å². The molecule has 0 unspecified atom stereocenters. The Balaban J connectivity index is 1.87. The number of carbonyl (C=O) groups is 1. The second kappa shape index (κ2) is 6.52. The number of hydrogen-bond donors (Lipinski definition) is 2. The molecule has 3 aromatic rings. The molecule has 2 heterocycles. The first kappa shape index (κ1) is 16.9. The molecule has 2 N–H and O–H groups in total. The van der Waals surface area contributed by atoms with Gasteiger partial charge in [0.15, 0.2) is 16.8 Å². The Bertz CT molecular complexity index is 1030. The molecule has 0 bridgehead atoms. The highest BCUT2D eigenvalue weighted by atomic mass is 32.1. The molecule has 9 heteroatoms. The molecule has 25 heavy (non-hydrogen) atoms. The lowest BCUT2D eigenvalue weighted by atomic mass is 10.1. The Morgan fingerprint density at radius 3 is 2.72 bits per heavy atom. The fraction of sp³-hybridized carbons (Fsp3) is 0.125. The number of thiazole rings is 1. The van der Waals surface area contributed by atoms with Crippen molar-refractivity contribution in [2.45, 2.75) is 13.8 Å². The minimum atomic E-state index is -0.981. The molecule has 1 amide bonds. The third kappa shape index (κ3) is 3.31. The quantitative estimate of drug-likeness (QED) is 0.750. The lowest BCUT2D eigenvalue weighted by molar-refractivity contribution is 0.102. The van der Waals surface area contributed by atoms with E-state index in [2.05, 4.69) is 20.5 Å². The number of aromatic amines is 1. The summed E-state index contributed by atoms with van der Waals surface area (Å²) in [5.41, 5.74) is 1.13.